The van der Waals surface area contributed by atoms with Gasteiger partial charge in [0.1, 0.15) is 11.1 Å². The maximum Gasteiger partial charge on any atom is 0.266 e. The predicted octanol–water partition coefficient (Wildman–Crippen LogP) is 5.63. The van der Waals surface area contributed by atoms with Gasteiger partial charge in [0.25, 0.3) is 11.8 Å². The Labute approximate surface area is 218 Å². The molecule has 1 fully saturated rings. The van der Waals surface area contributed by atoms with Crippen LogP contribution in [0.3, 0.4) is 0 Å². The van der Waals surface area contributed by atoms with Crippen LogP contribution in [0.5, 0.6) is 0 Å². The van der Waals surface area contributed by atoms with Gasteiger partial charge in [0.05, 0.1) is 6.04 Å². The number of para-hydroxylation sites is 2. The van der Waals surface area contributed by atoms with Crippen LogP contribution in [0.4, 0.5) is 0 Å². The lowest BCUT2D eigenvalue weighted by Gasteiger charge is -2.37. The number of amides is 2. The molecule has 0 radical (unpaired) electrons. The summed E-state index contributed by atoms with van der Waals surface area (Å²) in [6, 6.07) is 14.0. The molecule has 196 valence electrons. The number of carbonyl (C=O) groups excluding carboxylic acids is 3. The molecule has 1 aliphatic carbocycles. The number of fused-ring (bicyclic) bond motifs is 1. The minimum absolute atomic E-state index is 0.0110. The molecule has 37 heavy (non-hydrogen) atoms. The van der Waals surface area contributed by atoms with E-state index in [9.17, 15) is 14.4 Å². The maximum atomic E-state index is 13.7. The van der Waals surface area contributed by atoms with E-state index in [0.29, 0.717) is 48.3 Å². The lowest BCUT2D eigenvalue weighted by molar-refractivity contribution is -0.129. The van der Waals surface area contributed by atoms with Crippen molar-refractivity contribution in [1.29, 1.82) is 0 Å². The molecule has 2 N–H and O–H groups in total. The molecule has 2 aromatic carbocycles. The minimum Gasteiger partial charge on any atom is -0.434 e. The molecule has 0 spiro atoms. The number of Topliss-reactive ketones (excluding diaryl/α,β-unsaturated/α-hetero) is 1. The van der Waals surface area contributed by atoms with Crippen molar-refractivity contribution < 1.29 is 18.8 Å². The summed E-state index contributed by atoms with van der Waals surface area (Å²) in [7, 11) is 0. The third kappa shape index (κ3) is 6.27. The first kappa shape index (κ1) is 26.6. The Bertz CT molecular complexity index is 1210. The third-order valence-corrected chi connectivity index (χ3v) is 7.06. The van der Waals surface area contributed by atoms with E-state index < -0.39 is 11.6 Å². The Morgan fingerprint density at radius 2 is 1.70 bits per heavy atom. The molecule has 3 aromatic rings. The summed E-state index contributed by atoms with van der Waals surface area (Å²) in [6.45, 7) is 6.28. The fourth-order valence-corrected chi connectivity index (χ4v) is 5.10. The van der Waals surface area contributed by atoms with Gasteiger partial charge in [0, 0.05) is 5.56 Å². The van der Waals surface area contributed by atoms with E-state index in [1.54, 1.807) is 12.1 Å². The molecule has 0 saturated heterocycles. The summed E-state index contributed by atoms with van der Waals surface area (Å²) in [6.07, 6.45) is 5.83. The smallest absolute Gasteiger partial charge is 0.266 e. The number of rotatable bonds is 10. The van der Waals surface area contributed by atoms with Gasteiger partial charge < -0.3 is 15.1 Å². The Morgan fingerprint density at radius 1 is 1.00 bits per heavy atom. The Balaban J connectivity index is 1.52. The first-order valence-electron chi connectivity index (χ1n) is 13.4. The fourth-order valence-electron chi connectivity index (χ4n) is 5.10. The Hall–Kier alpha value is -3.48. The van der Waals surface area contributed by atoms with Gasteiger partial charge in [0.15, 0.2) is 5.58 Å². The maximum absolute atomic E-state index is 13.7. The number of nitrogens with one attached hydrogen (secondary N) is 2. The Morgan fingerprint density at radius 3 is 2.35 bits per heavy atom. The molecule has 7 heteroatoms. The Kier molecular flexibility index (Phi) is 8.41. The molecule has 0 aliphatic heterocycles. The first-order chi connectivity index (χ1) is 17.8. The molecule has 1 atom stereocenters. The molecule has 1 saturated carbocycles. The van der Waals surface area contributed by atoms with Crippen molar-refractivity contribution in [3.05, 3.63) is 65.5 Å². The lowest BCUT2D eigenvalue weighted by Crippen LogP contribution is -2.62. The van der Waals surface area contributed by atoms with Crippen LogP contribution in [0.2, 0.25) is 0 Å². The zero-order chi connectivity index (χ0) is 26.4. The molecule has 7 nitrogen and oxygen atoms in total. The topological polar surface area (TPSA) is 101 Å². The van der Waals surface area contributed by atoms with E-state index in [2.05, 4.69) is 29.5 Å². The van der Waals surface area contributed by atoms with Crippen LogP contribution >= 0.6 is 0 Å². The zero-order valence-electron chi connectivity index (χ0n) is 22.0. The quantitative estimate of drug-likeness (QED) is 0.349. The van der Waals surface area contributed by atoms with Crippen molar-refractivity contribution in [2.75, 3.05) is 0 Å². The van der Waals surface area contributed by atoms with Crippen LogP contribution < -0.4 is 10.6 Å². The average Bonchev–Trinajstić information content (AvgIpc) is 3.33. The molecule has 0 bridgehead atoms. The van der Waals surface area contributed by atoms with Gasteiger partial charge in [-0.2, -0.15) is 0 Å². The summed E-state index contributed by atoms with van der Waals surface area (Å²) in [5.74, 6) is -0.430. The monoisotopic (exact) mass is 503 g/mol. The van der Waals surface area contributed by atoms with Gasteiger partial charge in [-0.15, -0.1) is 0 Å². The van der Waals surface area contributed by atoms with E-state index in [-0.39, 0.29) is 23.5 Å². The molecule has 2 amide bonds. The van der Waals surface area contributed by atoms with E-state index in [0.717, 1.165) is 25.7 Å². The molecule has 1 aliphatic rings. The number of aromatic nitrogens is 1. The second-order valence-electron chi connectivity index (χ2n) is 10.6. The van der Waals surface area contributed by atoms with Crippen molar-refractivity contribution >= 4 is 28.7 Å². The van der Waals surface area contributed by atoms with Crippen LogP contribution in [0.15, 0.2) is 52.9 Å². The predicted molar refractivity (Wildman–Crippen MR) is 143 cm³/mol. The minimum atomic E-state index is -1.06. The van der Waals surface area contributed by atoms with Gasteiger partial charge in [-0.3, -0.25) is 14.4 Å². The molecular formula is C30H37N3O4. The second kappa shape index (κ2) is 11.7. The van der Waals surface area contributed by atoms with Crippen LogP contribution in [0, 0.1) is 5.92 Å². The van der Waals surface area contributed by atoms with Crippen molar-refractivity contribution in [3.8, 4) is 0 Å². The van der Waals surface area contributed by atoms with E-state index in [1.807, 2.05) is 43.3 Å². The lowest BCUT2D eigenvalue weighted by atomic mass is 9.80. The van der Waals surface area contributed by atoms with Crippen LogP contribution in [0.25, 0.3) is 11.1 Å². The van der Waals surface area contributed by atoms with Crippen LogP contribution in [-0.4, -0.2) is 34.2 Å². The fraction of sp³-hybridized carbons (Fsp3) is 0.467. The van der Waals surface area contributed by atoms with Gasteiger partial charge in [-0.25, -0.2) is 4.98 Å². The van der Waals surface area contributed by atoms with Gasteiger partial charge in [-0.05, 0) is 61.4 Å². The SMILES string of the molecule is CCC[C@H](NC(=O)C1(NC(=O)c2ccc(CC(C)C)cc2)CCCCC1)C(=O)c1nc2ccccc2o1. The summed E-state index contributed by atoms with van der Waals surface area (Å²) in [4.78, 5) is 44.6. The number of oxazole rings is 1. The summed E-state index contributed by atoms with van der Waals surface area (Å²) in [5.41, 5.74) is 1.78. The van der Waals surface area contributed by atoms with Crippen LogP contribution in [-0.2, 0) is 11.2 Å². The number of carbonyl (C=O) groups is 3. The van der Waals surface area contributed by atoms with Gasteiger partial charge in [0.2, 0.25) is 11.7 Å². The van der Waals surface area contributed by atoms with E-state index >= 15 is 0 Å². The standard InChI is InChI=1S/C30H37N3O4/c1-4-10-24(26(34)28-31-23-11-6-7-12-25(23)37-28)32-29(36)30(17-8-5-9-18-30)33-27(35)22-15-13-21(14-16-22)19-20(2)3/h6-7,11-16,20,24H,4-5,8-10,17-19H2,1-3H3,(H,32,36)(H,33,35)/t24-/m0/s1. The number of hydrogen-bond acceptors (Lipinski definition) is 5. The van der Waals surface area contributed by atoms with Crippen molar-refractivity contribution in [1.82, 2.24) is 15.6 Å². The third-order valence-electron chi connectivity index (χ3n) is 7.06. The highest BCUT2D eigenvalue weighted by Gasteiger charge is 2.42. The van der Waals surface area contributed by atoms with Crippen molar-refractivity contribution in [2.24, 2.45) is 5.92 Å². The van der Waals surface area contributed by atoms with Crippen LogP contribution in [0.1, 0.15) is 92.3 Å². The number of benzene rings is 2. The highest BCUT2D eigenvalue weighted by molar-refractivity contribution is 6.03. The molecule has 0 unspecified atom stereocenters. The normalized spacial score (nSPS) is 15.9. The average molecular weight is 504 g/mol. The second-order valence-corrected chi connectivity index (χ2v) is 10.6. The summed E-state index contributed by atoms with van der Waals surface area (Å²) in [5, 5.41) is 6.01. The molecule has 1 aromatic heterocycles. The van der Waals surface area contributed by atoms with Gasteiger partial charge >= 0.3 is 0 Å². The molecule has 1 heterocycles. The number of ketones is 1. The highest BCUT2D eigenvalue weighted by atomic mass is 16.4. The number of nitrogens with zero attached hydrogens (tertiary/aromatic N) is 1. The molecular weight excluding hydrogens is 466 g/mol. The number of hydrogen-bond donors (Lipinski definition) is 2. The van der Waals surface area contributed by atoms with Crippen molar-refractivity contribution in [2.45, 2.75) is 83.7 Å². The van der Waals surface area contributed by atoms with E-state index in [4.69, 9.17) is 4.42 Å². The summed E-state index contributed by atoms with van der Waals surface area (Å²) < 4.78 is 5.68. The highest BCUT2D eigenvalue weighted by Crippen LogP contribution is 2.30. The first-order valence-corrected chi connectivity index (χ1v) is 13.4. The van der Waals surface area contributed by atoms with Crippen molar-refractivity contribution in [3.63, 3.8) is 0 Å². The van der Waals surface area contributed by atoms with E-state index in [1.165, 1.54) is 5.56 Å². The molecule has 4 rings (SSSR count). The van der Waals surface area contributed by atoms with Gasteiger partial charge in [-0.1, -0.05) is 70.7 Å². The summed E-state index contributed by atoms with van der Waals surface area (Å²) >= 11 is 0. The largest absolute Gasteiger partial charge is 0.434 e. The zero-order valence-corrected chi connectivity index (χ0v) is 22.0.